The standard InChI is InChI=1S/C21H29N3O3.C2HF3O2/c1-25-21-5-3-2-4-18(21)11-23-12-19-10-22-16-24(19)20(13-23)15-27-14-17-6-8-26-9-7-17;3-2(4,5)1(6)7/h2-5,10,16-17,20H,6-9,11-15H2,1H3;(H,6,7). The van der Waals surface area contributed by atoms with E-state index in [1.165, 1.54) is 11.3 Å². The van der Waals surface area contributed by atoms with Crippen LogP contribution in [0.4, 0.5) is 13.2 Å². The van der Waals surface area contributed by atoms with Crippen LogP contribution in [0, 0.1) is 5.92 Å². The number of imidazole rings is 1. The number of hydrogen-bond donors (Lipinski definition) is 1. The summed E-state index contributed by atoms with van der Waals surface area (Å²) in [6, 6.07) is 8.55. The fraction of sp³-hybridized carbons (Fsp3) is 0.565. The molecule has 2 aliphatic heterocycles. The van der Waals surface area contributed by atoms with E-state index in [1.807, 2.05) is 24.7 Å². The van der Waals surface area contributed by atoms with Crippen molar-refractivity contribution in [2.45, 2.75) is 38.1 Å². The van der Waals surface area contributed by atoms with Gasteiger partial charge in [0, 0.05) is 51.2 Å². The van der Waals surface area contributed by atoms with Crippen LogP contribution in [0.15, 0.2) is 36.8 Å². The number of rotatable bonds is 7. The van der Waals surface area contributed by atoms with Crippen LogP contribution in [0.5, 0.6) is 5.75 Å². The maximum Gasteiger partial charge on any atom is 0.490 e. The molecule has 1 fully saturated rings. The molecule has 1 aromatic heterocycles. The molecule has 1 atom stereocenters. The third-order valence-corrected chi connectivity index (χ3v) is 5.83. The largest absolute Gasteiger partial charge is 0.496 e. The lowest BCUT2D eigenvalue weighted by atomic mass is 10.0. The van der Waals surface area contributed by atoms with Gasteiger partial charge >= 0.3 is 12.1 Å². The fourth-order valence-corrected chi connectivity index (χ4v) is 4.07. The number of aliphatic carboxylic acids is 1. The van der Waals surface area contributed by atoms with Crippen molar-refractivity contribution in [1.29, 1.82) is 0 Å². The van der Waals surface area contributed by atoms with Crippen LogP contribution in [-0.4, -0.2) is 71.8 Å². The molecule has 0 aliphatic carbocycles. The van der Waals surface area contributed by atoms with Gasteiger partial charge in [-0.15, -0.1) is 0 Å². The number of fused-ring (bicyclic) bond motifs is 1. The van der Waals surface area contributed by atoms with Gasteiger partial charge in [-0.2, -0.15) is 13.2 Å². The average molecular weight is 486 g/mol. The summed E-state index contributed by atoms with van der Waals surface area (Å²) in [6.07, 6.45) is 1.06. The minimum absolute atomic E-state index is 0.297. The highest BCUT2D eigenvalue weighted by Gasteiger charge is 2.38. The van der Waals surface area contributed by atoms with Crippen LogP contribution >= 0.6 is 0 Å². The highest BCUT2D eigenvalue weighted by Crippen LogP contribution is 2.26. The van der Waals surface area contributed by atoms with Gasteiger partial charge in [0.05, 0.1) is 31.8 Å². The number of hydrogen-bond acceptors (Lipinski definition) is 6. The van der Waals surface area contributed by atoms with E-state index in [1.54, 1.807) is 7.11 Å². The summed E-state index contributed by atoms with van der Waals surface area (Å²) in [4.78, 5) is 15.7. The Morgan fingerprint density at radius 1 is 1.24 bits per heavy atom. The molecule has 34 heavy (non-hydrogen) atoms. The number of alkyl halides is 3. The Hall–Kier alpha value is -2.63. The Bertz CT molecular complexity index is 915. The van der Waals surface area contributed by atoms with Crippen LogP contribution in [0.3, 0.4) is 0 Å². The van der Waals surface area contributed by atoms with Gasteiger partial charge < -0.3 is 23.9 Å². The first-order valence-electron chi connectivity index (χ1n) is 11.1. The van der Waals surface area contributed by atoms with Gasteiger partial charge in [0.1, 0.15) is 5.75 Å². The number of ether oxygens (including phenoxy) is 3. The zero-order valence-corrected chi connectivity index (χ0v) is 19.0. The SMILES string of the molecule is COc1ccccc1CN1Cc2cncn2C(COCC2CCOCC2)C1.O=C(O)C(F)(F)F. The summed E-state index contributed by atoms with van der Waals surface area (Å²) in [7, 11) is 1.73. The highest BCUT2D eigenvalue weighted by atomic mass is 19.4. The smallest absolute Gasteiger partial charge is 0.490 e. The van der Waals surface area contributed by atoms with Crippen molar-refractivity contribution in [3.8, 4) is 5.75 Å². The molecule has 2 aliphatic rings. The van der Waals surface area contributed by atoms with Gasteiger partial charge in [0.15, 0.2) is 0 Å². The van der Waals surface area contributed by atoms with E-state index in [4.69, 9.17) is 24.1 Å². The van der Waals surface area contributed by atoms with E-state index in [0.717, 1.165) is 64.7 Å². The van der Waals surface area contributed by atoms with Crippen molar-refractivity contribution in [2.24, 2.45) is 5.92 Å². The first-order valence-corrected chi connectivity index (χ1v) is 11.1. The maximum absolute atomic E-state index is 10.6. The Morgan fingerprint density at radius 3 is 2.62 bits per heavy atom. The maximum atomic E-state index is 10.6. The van der Waals surface area contributed by atoms with Crippen LogP contribution in [0.2, 0.25) is 0 Å². The van der Waals surface area contributed by atoms with E-state index in [-0.39, 0.29) is 0 Å². The lowest BCUT2D eigenvalue weighted by molar-refractivity contribution is -0.192. The minimum atomic E-state index is -5.08. The second-order valence-electron chi connectivity index (χ2n) is 8.32. The van der Waals surface area contributed by atoms with Gasteiger partial charge in [0.25, 0.3) is 0 Å². The Kier molecular flexibility index (Phi) is 9.31. The summed E-state index contributed by atoms with van der Waals surface area (Å²) in [5.41, 5.74) is 2.46. The number of carboxylic acids is 1. The van der Waals surface area contributed by atoms with E-state index >= 15 is 0 Å². The number of benzene rings is 1. The number of halogens is 3. The van der Waals surface area contributed by atoms with Crippen molar-refractivity contribution in [3.05, 3.63) is 48.0 Å². The number of methoxy groups -OCH3 is 1. The zero-order chi connectivity index (χ0) is 24.6. The van der Waals surface area contributed by atoms with Gasteiger partial charge in [-0.05, 0) is 24.8 Å². The molecule has 188 valence electrons. The molecule has 1 aromatic carbocycles. The second-order valence-corrected chi connectivity index (χ2v) is 8.32. The zero-order valence-electron chi connectivity index (χ0n) is 19.0. The van der Waals surface area contributed by atoms with Crippen LogP contribution < -0.4 is 4.74 Å². The molecule has 0 bridgehead atoms. The van der Waals surface area contributed by atoms with Gasteiger partial charge in [-0.3, -0.25) is 4.90 Å². The van der Waals surface area contributed by atoms with Gasteiger partial charge in [0.2, 0.25) is 0 Å². The molecule has 1 saturated heterocycles. The molecular weight excluding hydrogens is 455 g/mol. The predicted octanol–water partition coefficient (Wildman–Crippen LogP) is 3.53. The first kappa shape index (κ1) is 26.0. The number of para-hydroxylation sites is 1. The summed E-state index contributed by atoms with van der Waals surface area (Å²) < 4.78 is 51.1. The molecule has 1 N–H and O–H groups in total. The molecular formula is C23H30F3N3O5. The van der Waals surface area contributed by atoms with Crippen molar-refractivity contribution >= 4 is 5.97 Å². The van der Waals surface area contributed by atoms with E-state index in [0.29, 0.717) is 12.0 Å². The second kappa shape index (κ2) is 12.2. The molecule has 0 spiro atoms. The molecule has 8 nitrogen and oxygen atoms in total. The lowest BCUT2D eigenvalue weighted by Gasteiger charge is -2.35. The van der Waals surface area contributed by atoms with Crippen LogP contribution in [0.25, 0.3) is 0 Å². The van der Waals surface area contributed by atoms with Gasteiger partial charge in [-0.1, -0.05) is 18.2 Å². The predicted molar refractivity (Wildman–Crippen MR) is 116 cm³/mol. The number of carbonyl (C=O) groups is 1. The third-order valence-electron chi connectivity index (χ3n) is 5.83. The molecule has 2 aromatic rings. The topological polar surface area (TPSA) is 86.0 Å². The van der Waals surface area contributed by atoms with Crippen LogP contribution in [-0.2, 0) is 27.4 Å². The lowest BCUT2D eigenvalue weighted by Crippen LogP contribution is -2.38. The van der Waals surface area contributed by atoms with Gasteiger partial charge in [-0.25, -0.2) is 9.78 Å². The van der Waals surface area contributed by atoms with Crippen molar-refractivity contribution in [1.82, 2.24) is 14.5 Å². The van der Waals surface area contributed by atoms with E-state index in [9.17, 15) is 13.2 Å². The Labute approximate surface area is 196 Å². The van der Waals surface area contributed by atoms with Crippen molar-refractivity contribution in [3.63, 3.8) is 0 Å². The van der Waals surface area contributed by atoms with Crippen LogP contribution in [0.1, 0.15) is 30.1 Å². The Balaban J connectivity index is 0.000000406. The minimum Gasteiger partial charge on any atom is -0.496 e. The average Bonchev–Trinajstić information content (AvgIpc) is 3.29. The highest BCUT2D eigenvalue weighted by molar-refractivity contribution is 5.73. The Morgan fingerprint density at radius 2 is 1.94 bits per heavy atom. The van der Waals surface area contributed by atoms with E-state index in [2.05, 4.69) is 26.6 Å². The molecule has 0 saturated carbocycles. The van der Waals surface area contributed by atoms with E-state index < -0.39 is 12.1 Å². The molecule has 4 rings (SSSR count). The summed E-state index contributed by atoms with van der Waals surface area (Å²) >= 11 is 0. The number of aromatic nitrogens is 2. The first-order chi connectivity index (χ1) is 16.3. The molecule has 0 radical (unpaired) electrons. The summed E-state index contributed by atoms with van der Waals surface area (Å²) in [6.45, 7) is 6.01. The summed E-state index contributed by atoms with van der Waals surface area (Å²) in [5.74, 6) is -1.18. The quantitative estimate of drug-likeness (QED) is 0.642. The number of nitrogens with zero attached hydrogens (tertiary/aromatic N) is 3. The number of carboxylic acid groups (broad SMARTS) is 1. The fourth-order valence-electron chi connectivity index (χ4n) is 4.07. The molecule has 0 amide bonds. The normalized spacial score (nSPS) is 19.1. The third kappa shape index (κ3) is 7.44. The van der Waals surface area contributed by atoms with Crippen molar-refractivity contribution < 1.29 is 37.3 Å². The molecule has 3 heterocycles. The summed E-state index contributed by atoms with van der Waals surface area (Å²) in [5, 5.41) is 7.12. The monoisotopic (exact) mass is 485 g/mol. The molecule has 1 unspecified atom stereocenters. The molecule has 11 heteroatoms. The van der Waals surface area contributed by atoms with Crippen molar-refractivity contribution in [2.75, 3.05) is 40.1 Å².